The number of aryl methyl sites for hydroxylation is 1. The number of nitrogens with two attached hydrogens (primary N) is 1. The molecule has 0 atom stereocenters. The molecule has 0 aliphatic carbocycles. The molecule has 1 aromatic carbocycles. The van der Waals surface area contributed by atoms with Gasteiger partial charge in [0.2, 0.25) is 15.9 Å². The first-order valence-electron chi connectivity index (χ1n) is 6.40. The van der Waals surface area contributed by atoms with Crippen LogP contribution in [0.1, 0.15) is 5.56 Å². The van der Waals surface area contributed by atoms with Crippen LogP contribution in [0.3, 0.4) is 0 Å². The van der Waals surface area contributed by atoms with Crippen molar-refractivity contribution >= 4 is 21.6 Å². The zero-order chi connectivity index (χ0) is 16.0. The van der Waals surface area contributed by atoms with E-state index in [4.69, 9.17) is 10.5 Å². The standard InChI is InChI=1S/C13H21N3O4S/c1-10-4-5-11(21(18,19)16(2)3)8-12(10)15-13(17)9-20-7-6-14/h4-5,8H,6-7,9,14H2,1-3H3,(H,15,17). The fourth-order valence-electron chi connectivity index (χ4n) is 1.54. The Balaban J connectivity index is 2.91. The van der Waals surface area contributed by atoms with Crippen LogP contribution >= 0.6 is 0 Å². The van der Waals surface area contributed by atoms with Crippen molar-refractivity contribution in [2.75, 3.05) is 39.2 Å². The lowest BCUT2D eigenvalue weighted by Gasteiger charge is -2.14. The number of carbonyl (C=O) groups is 1. The SMILES string of the molecule is Cc1ccc(S(=O)(=O)N(C)C)cc1NC(=O)COCCN. The zero-order valence-electron chi connectivity index (χ0n) is 12.4. The summed E-state index contributed by atoms with van der Waals surface area (Å²) in [6, 6.07) is 4.59. The first-order chi connectivity index (χ1) is 9.78. The highest BCUT2D eigenvalue weighted by Gasteiger charge is 2.18. The van der Waals surface area contributed by atoms with Crippen molar-refractivity contribution in [2.45, 2.75) is 11.8 Å². The summed E-state index contributed by atoms with van der Waals surface area (Å²) in [7, 11) is -0.634. The molecule has 0 heterocycles. The fraction of sp³-hybridized carbons (Fsp3) is 0.462. The number of ether oxygens (including phenoxy) is 1. The highest BCUT2D eigenvalue weighted by Crippen LogP contribution is 2.21. The molecular weight excluding hydrogens is 294 g/mol. The summed E-state index contributed by atoms with van der Waals surface area (Å²) >= 11 is 0. The number of benzene rings is 1. The van der Waals surface area contributed by atoms with Crippen molar-refractivity contribution in [1.29, 1.82) is 0 Å². The van der Waals surface area contributed by atoms with Gasteiger partial charge in [0, 0.05) is 26.3 Å². The molecule has 0 saturated heterocycles. The van der Waals surface area contributed by atoms with E-state index in [1.54, 1.807) is 13.0 Å². The predicted octanol–water partition coefficient (Wildman–Crippen LogP) is 0.159. The topological polar surface area (TPSA) is 102 Å². The van der Waals surface area contributed by atoms with Crippen LogP contribution < -0.4 is 11.1 Å². The average Bonchev–Trinajstić information content (AvgIpc) is 2.41. The molecule has 0 saturated carbocycles. The Labute approximate surface area is 125 Å². The second-order valence-electron chi connectivity index (χ2n) is 4.65. The highest BCUT2D eigenvalue weighted by molar-refractivity contribution is 7.89. The van der Waals surface area contributed by atoms with E-state index in [1.807, 2.05) is 0 Å². The summed E-state index contributed by atoms with van der Waals surface area (Å²) in [6.45, 7) is 2.29. The van der Waals surface area contributed by atoms with Crippen molar-refractivity contribution in [3.8, 4) is 0 Å². The maximum absolute atomic E-state index is 12.1. The van der Waals surface area contributed by atoms with Gasteiger partial charge in [-0.05, 0) is 24.6 Å². The van der Waals surface area contributed by atoms with Crippen LogP contribution in [0.15, 0.2) is 23.1 Å². The minimum atomic E-state index is -3.54. The predicted molar refractivity (Wildman–Crippen MR) is 80.6 cm³/mol. The monoisotopic (exact) mass is 315 g/mol. The number of carbonyl (C=O) groups excluding carboxylic acids is 1. The Kier molecular flexibility index (Phi) is 6.28. The lowest BCUT2D eigenvalue weighted by atomic mass is 10.2. The van der Waals surface area contributed by atoms with Crippen LogP contribution in [0, 0.1) is 6.92 Å². The minimum Gasteiger partial charge on any atom is -0.370 e. The number of hydrogen-bond donors (Lipinski definition) is 2. The van der Waals surface area contributed by atoms with Gasteiger partial charge < -0.3 is 15.8 Å². The third-order valence-corrected chi connectivity index (χ3v) is 4.57. The smallest absolute Gasteiger partial charge is 0.250 e. The first-order valence-corrected chi connectivity index (χ1v) is 7.84. The van der Waals surface area contributed by atoms with Gasteiger partial charge in [-0.15, -0.1) is 0 Å². The molecule has 0 aliphatic heterocycles. The van der Waals surface area contributed by atoms with Gasteiger partial charge in [-0.2, -0.15) is 0 Å². The van der Waals surface area contributed by atoms with Gasteiger partial charge in [-0.1, -0.05) is 6.07 Å². The Morgan fingerprint density at radius 3 is 2.62 bits per heavy atom. The number of hydrogen-bond acceptors (Lipinski definition) is 5. The molecule has 7 nitrogen and oxygen atoms in total. The summed E-state index contributed by atoms with van der Waals surface area (Å²) in [5, 5.41) is 2.63. The molecule has 1 amide bonds. The molecule has 118 valence electrons. The Hall–Kier alpha value is -1.48. The van der Waals surface area contributed by atoms with Crippen LogP contribution in [-0.2, 0) is 19.6 Å². The van der Waals surface area contributed by atoms with E-state index in [1.165, 1.54) is 26.2 Å². The molecule has 0 aliphatic rings. The number of nitrogens with zero attached hydrogens (tertiary/aromatic N) is 1. The summed E-state index contributed by atoms with van der Waals surface area (Å²) in [6.07, 6.45) is 0. The molecule has 0 bridgehead atoms. The van der Waals surface area contributed by atoms with E-state index in [9.17, 15) is 13.2 Å². The van der Waals surface area contributed by atoms with E-state index in [0.29, 0.717) is 18.8 Å². The van der Waals surface area contributed by atoms with Gasteiger partial charge in [-0.3, -0.25) is 4.79 Å². The number of amides is 1. The van der Waals surface area contributed by atoms with Gasteiger partial charge >= 0.3 is 0 Å². The highest BCUT2D eigenvalue weighted by atomic mass is 32.2. The molecule has 0 aromatic heterocycles. The number of sulfonamides is 1. The lowest BCUT2D eigenvalue weighted by Crippen LogP contribution is -2.23. The van der Waals surface area contributed by atoms with Gasteiger partial charge in [0.1, 0.15) is 6.61 Å². The molecule has 1 aromatic rings. The van der Waals surface area contributed by atoms with E-state index < -0.39 is 10.0 Å². The van der Waals surface area contributed by atoms with E-state index in [-0.39, 0.29) is 17.4 Å². The van der Waals surface area contributed by atoms with Crippen LogP contribution in [0.4, 0.5) is 5.69 Å². The van der Waals surface area contributed by atoms with Gasteiger partial charge in [0.15, 0.2) is 0 Å². The van der Waals surface area contributed by atoms with E-state index >= 15 is 0 Å². The second-order valence-corrected chi connectivity index (χ2v) is 6.81. The summed E-state index contributed by atoms with van der Waals surface area (Å²) in [4.78, 5) is 11.8. The zero-order valence-corrected chi connectivity index (χ0v) is 13.2. The second kappa shape index (κ2) is 7.51. The van der Waals surface area contributed by atoms with Crippen LogP contribution in [0.5, 0.6) is 0 Å². The molecule has 21 heavy (non-hydrogen) atoms. The number of anilines is 1. The molecule has 0 radical (unpaired) electrons. The molecule has 1 rings (SSSR count). The van der Waals surface area contributed by atoms with Crippen LogP contribution in [0.25, 0.3) is 0 Å². The van der Waals surface area contributed by atoms with Crippen LogP contribution in [-0.4, -0.2) is 52.5 Å². The maximum atomic E-state index is 12.1. The van der Waals surface area contributed by atoms with Crippen molar-refractivity contribution in [3.05, 3.63) is 23.8 Å². The lowest BCUT2D eigenvalue weighted by molar-refractivity contribution is -0.120. The molecule has 0 fully saturated rings. The minimum absolute atomic E-state index is 0.122. The normalized spacial score (nSPS) is 11.7. The van der Waals surface area contributed by atoms with Gasteiger partial charge in [0.25, 0.3) is 0 Å². The summed E-state index contributed by atoms with van der Waals surface area (Å²) in [5.41, 5.74) is 6.47. The van der Waals surface area contributed by atoms with Crippen molar-refractivity contribution < 1.29 is 17.9 Å². The van der Waals surface area contributed by atoms with Crippen molar-refractivity contribution in [2.24, 2.45) is 5.73 Å². The Morgan fingerprint density at radius 1 is 1.38 bits per heavy atom. The largest absolute Gasteiger partial charge is 0.370 e. The molecular formula is C13H21N3O4S. The average molecular weight is 315 g/mol. The molecule has 3 N–H and O–H groups in total. The third-order valence-electron chi connectivity index (χ3n) is 2.76. The van der Waals surface area contributed by atoms with Gasteiger partial charge in [-0.25, -0.2) is 12.7 Å². The maximum Gasteiger partial charge on any atom is 0.250 e. The first kappa shape index (κ1) is 17.6. The van der Waals surface area contributed by atoms with E-state index in [0.717, 1.165) is 9.87 Å². The molecule has 8 heteroatoms. The quantitative estimate of drug-likeness (QED) is 0.698. The molecule has 0 unspecified atom stereocenters. The van der Waals surface area contributed by atoms with E-state index in [2.05, 4.69) is 5.32 Å². The van der Waals surface area contributed by atoms with Crippen molar-refractivity contribution in [3.63, 3.8) is 0 Å². The van der Waals surface area contributed by atoms with Gasteiger partial charge in [0.05, 0.1) is 11.5 Å². The number of nitrogens with one attached hydrogen (secondary N) is 1. The number of rotatable bonds is 7. The Bertz CT molecular complexity index is 599. The fourth-order valence-corrected chi connectivity index (χ4v) is 2.47. The third kappa shape index (κ3) is 4.78. The Morgan fingerprint density at radius 2 is 2.05 bits per heavy atom. The van der Waals surface area contributed by atoms with Crippen molar-refractivity contribution in [1.82, 2.24) is 4.31 Å². The molecule has 0 spiro atoms. The summed E-state index contributed by atoms with van der Waals surface area (Å²) < 4.78 is 30.3. The summed E-state index contributed by atoms with van der Waals surface area (Å²) in [5.74, 6) is -0.356. The van der Waals surface area contributed by atoms with Crippen LogP contribution in [0.2, 0.25) is 0 Å².